The van der Waals surface area contributed by atoms with Gasteiger partial charge >= 0.3 is 7.82 Å². The second-order valence-electron chi connectivity index (χ2n) is 27.7. The molecule has 0 fully saturated rings. The molecule has 0 bridgehead atoms. The number of likely N-dealkylation sites (N-methyl/N-ethyl adjacent to an activating group) is 1. The van der Waals surface area contributed by atoms with Gasteiger partial charge in [0.2, 0.25) is 5.91 Å². The number of phosphoric ester groups is 1. The van der Waals surface area contributed by atoms with E-state index in [1.165, 1.54) is 360 Å². The van der Waals surface area contributed by atoms with Crippen molar-refractivity contribution in [2.75, 3.05) is 40.9 Å². The van der Waals surface area contributed by atoms with Gasteiger partial charge in [-0.2, -0.15) is 0 Å². The van der Waals surface area contributed by atoms with Gasteiger partial charge in [-0.25, -0.2) is 4.57 Å². The van der Waals surface area contributed by atoms with Crippen molar-refractivity contribution in [1.82, 2.24) is 5.32 Å². The monoisotopic (exact) mass is 1210 g/mol. The molecule has 0 saturated heterocycles. The fraction of sp³-hybridized carbons (Fsp3) is 0.960. The summed E-state index contributed by atoms with van der Waals surface area (Å²) in [4.78, 5) is 23.4. The molecule has 3 unspecified atom stereocenters. The van der Waals surface area contributed by atoms with E-state index < -0.39 is 20.0 Å². The molecule has 502 valence electrons. The molecule has 0 aliphatic carbocycles. The topological polar surface area (TPSA) is 105 Å². The molecular weight excluding hydrogens is 1060 g/mol. The molecule has 0 saturated carbocycles. The summed E-state index contributed by atoms with van der Waals surface area (Å²) in [6, 6.07) is -0.844. The van der Waals surface area contributed by atoms with E-state index >= 15 is 0 Å². The third-order valence-electron chi connectivity index (χ3n) is 18.0. The minimum Gasteiger partial charge on any atom is -0.387 e. The maximum absolute atomic E-state index is 13.1. The first-order chi connectivity index (χ1) is 41.0. The Morgan fingerprint density at radius 3 is 0.881 bits per heavy atom. The van der Waals surface area contributed by atoms with Crippen molar-refractivity contribution >= 4 is 13.7 Å². The van der Waals surface area contributed by atoms with Crippen molar-refractivity contribution < 1.29 is 32.9 Å². The fourth-order valence-corrected chi connectivity index (χ4v) is 12.8. The third kappa shape index (κ3) is 68.7. The summed E-state index contributed by atoms with van der Waals surface area (Å²) in [6.45, 7) is 4.89. The number of carbonyl (C=O) groups is 1. The molecule has 0 rings (SSSR count). The molecule has 0 aromatic rings. The summed E-state index contributed by atoms with van der Waals surface area (Å²) >= 11 is 0. The van der Waals surface area contributed by atoms with Crippen LogP contribution in [0.3, 0.4) is 0 Å². The van der Waals surface area contributed by atoms with Gasteiger partial charge in [-0.3, -0.25) is 13.8 Å². The van der Waals surface area contributed by atoms with Crippen molar-refractivity contribution in [1.29, 1.82) is 0 Å². The number of aliphatic hydroxyl groups is 1. The predicted molar refractivity (Wildman–Crippen MR) is 369 cm³/mol. The van der Waals surface area contributed by atoms with E-state index in [4.69, 9.17) is 9.05 Å². The van der Waals surface area contributed by atoms with E-state index in [-0.39, 0.29) is 19.1 Å². The van der Waals surface area contributed by atoms with Crippen molar-refractivity contribution in [3.8, 4) is 0 Å². The number of amides is 1. The van der Waals surface area contributed by atoms with Crippen LogP contribution < -0.4 is 5.32 Å². The Hall–Kier alpha value is -0.760. The smallest absolute Gasteiger partial charge is 0.387 e. The number of quaternary nitrogens is 1. The Morgan fingerprint density at radius 1 is 0.393 bits per heavy atom. The molecule has 84 heavy (non-hydrogen) atoms. The average molecular weight is 1210 g/mol. The van der Waals surface area contributed by atoms with Crippen LogP contribution in [0.15, 0.2) is 12.2 Å². The maximum atomic E-state index is 13.1. The van der Waals surface area contributed by atoms with E-state index in [9.17, 15) is 19.4 Å². The molecule has 0 aromatic carbocycles. The minimum atomic E-state index is -4.35. The molecule has 3 N–H and O–H groups in total. The molecule has 0 aromatic heterocycles. The second-order valence-corrected chi connectivity index (χ2v) is 29.2. The number of phosphoric acid groups is 1. The standard InChI is InChI=1S/C75H151N2O6P/c1-6-8-10-12-14-16-18-20-22-24-26-28-30-31-32-33-34-35-36-37-38-39-40-41-42-43-44-45-46-47-49-51-53-55-57-59-61-63-65-67-69-75(79)76-73(72-83-84(80,81)82-71-70-77(3,4)5)74(78)68-66-64-62-60-58-56-54-52-50-48-29-27-25-23-21-19-17-15-13-11-9-7-2/h66,68,73-74,78H,6-65,67,69-72H2,1-5H3,(H-,76,79,80,81)/p+1/b68-66+. The first kappa shape index (κ1) is 83.2. The van der Waals surface area contributed by atoms with Crippen LogP contribution in [-0.2, 0) is 18.4 Å². The van der Waals surface area contributed by atoms with Crippen LogP contribution >= 0.6 is 7.82 Å². The first-order valence-corrected chi connectivity index (χ1v) is 39.6. The zero-order valence-electron chi connectivity index (χ0n) is 57.7. The summed E-state index contributed by atoms with van der Waals surface area (Å²) in [5, 5.41) is 14.0. The molecule has 0 aliphatic rings. The minimum absolute atomic E-state index is 0.0655. The van der Waals surface area contributed by atoms with Gasteiger partial charge < -0.3 is 19.8 Å². The van der Waals surface area contributed by atoms with E-state index in [1.54, 1.807) is 6.08 Å². The Balaban J connectivity index is 3.88. The fourth-order valence-electron chi connectivity index (χ4n) is 12.1. The number of rotatable bonds is 72. The van der Waals surface area contributed by atoms with Crippen LogP contribution in [0, 0.1) is 0 Å². The Bertz CT molecular complexity index is 1370. The average Bonchev–Trinajstić information content (AvgIpc) is 3.56. The van der Waals surface area contributed by atoms with Gasteiger partial charge in [-0.1, -0.05) is 398 Å². The highest BCUT2D eigenvalue weighted by atomic mass is 31.2. The Labute approximate surface area is 526 Å². The van der Waals surface area contributed by atoms with Crippen molar-refractivity contribution in [2.45, 2.75) is 424 Å². The van der Waals surface area contributed by atoms with Gasteiger partial charge in [-0.05, 0) is 19.3 Å². The van der Waals surface area contributed by atoms with E-state index in [0.29, 0.717) is 17.4 Å². The lowest BCUT2D eigenvalue weighted by molar-refractivity contribution is -0.870. The van der Waals surface area contributed by atoms with Crippen molar-refractivity contribution in [3.63, 3.8) is 0 Å². The highest BCUT2D eigenvalue weighted by Crippen LogP contribution is 2.43. The maximum Gasteiger partial charge on any atom is 0.472 e. The molecule has 0 radical (unpaired) electrons. The van der Waals surface area contributed by atoms with Crippen LogP contribution in [0.1, 0.15) is 412 Å². The molecule has 8 nitrogen and oxygen atoms in total. The molecule has 0 spiro atoms. The normalized spacial score (nSPS) is 13.6. The number of carbonyl (C=O) groups excluding carboxylic acids is 1. The van der Waals surface area contributed by atoms with Crippen LogP contribution in [0.2, 0.25) is 0 Å². The highest BCUT2D eigenvalue weighted by molar-refractivity contribution is 7.47. The Morgan fingerprint density at radius 2 is 0.631 bits per heavy atom. The summed E-state index contributed by atoms with van der Waals surface area (Å²) in [6.07, 6.45) is 86.9. The SMILES string of the molecule is CCCCCCCCCCCCCCCCCCCCCC/C=C/C(O)C(COP(=O)(O)OCC[N+](C)(C)C)NC(=O)CCCCCCCCCCCCCCCCCCCCCCCCCCCCCCCCCCCCCCCCCC. The molecule has 1 amide bonds. The van der Waals surface area contributed by atoms with Crippen LogP contribution in [0.25, 0.3) is 0 Å². The number of aliphatic hydroxyl groups excluding tert-OH is 1. The summed E-state index contributed by atoms with van der Waals surface area (Å²) in [7, 11) is 1.60. The quantitative estimate of drug-likeness (QED) is 0.0243. The Kier molecular flexibility index (Phi) is 66.1. The van der Waals surface area contributed by atoms with Gasteiger partial charge in [0.25, 0.3) is 0 Å². The second kappa shape index (κ2) is 66.7. The predicted octanol–water partition coefficient (Wildman–Crippen LogP) is 24.5. The van der Waals surface area contributed by atoms with E-state index in [0.717, 1.165) is 32.1 Å². The molecule has 0 aliphatic heterocycles. The lowest BCUT2D eigenvalue weighted by Gasteiger charge is -2.25. The number of hydrogen-bond acceptors (Lipinski definition) is 5. The van der Waals surface area contributed by atoms with Crippen molar-refractivity contribution in [3.05, 3.63) is 12.2 Å². The van der Waals surface area contributed by atoms with Gasteiger partial charge in [-0.15, -0.1) is 0 Å². The molecule has 9 heteroatoms. The number of unbranched alkanes of at least 4 members (excludes halogenated alkanes) is 59. The first-order valence-electron chi connectivity index (χ1n) is 38.1. The van der Waals surface area contributed by atoms with Gasteiger partial charge in [0, 0.05) is 6.42 Å². The molecular formula is C75H152N2O6P+. The third-order valence-corrected chi connectivity index (χ3v) is 19.0. The lowest BCUT2D eigenvalue weighted by Crippen LogP contribution is -2.45. The molecule has 0 heterocycles. The largest absolute Gasteiger partial charge is 0.472 e. The van der Waals surface area contributed by atoms with Crippen molar-refractivity contribution in [2.24, 2.45) is 0 Å². The zero-order valence-corrected chi connectivity index (χ0v) is 58.6. The van der Waals surface area contributed by atoms with Gasteiger partial charge in [0.15, 0.2) is 0 Å². The van der Waals surface area contributed by atoms with Gasteiger partial charge in [0.05, 0.1) is 39.9 Å². The lowest BCUT2D eigenvalue weighted by atomic mass is 10.0. The zero-order chi connectivity index (χ0) is 61.2. The van der Waals surface area contributed by atoms with E-state index in [1.807, 2.05) is 27.2 Å². The molecule has 3 atom stereocenters. The summed E-state index contributed by atoms with van der Waals surface area (Å²) in [5.41, 5.74) is 0. The summed E-state index contributed by atoms with van der Waals surface area (Å²) < 4.78 is 23.8. The number of nitrogens with one attached hydrogen (secondary N) is 1. The van der Waals surface area contributed by atoms with E-state index in [2.05, 4.69) is 19.2 Å². The number of hydrogen-bond donors (Lipinski definition) is 3. The number of allylic oxidation sites excluding steroid dienone is 1. The van der Waals surface area contributed by atoms with Crippen LogP contribution in [0.5, 0.6) is 0 Å². The highest BCUT2D eigenvalue weighted by Gasteiger charge is 2.28. The van der Waals surface area contributed by atoms with Gasteiger partial charge in [0.1, 0.15) is 13.2 Å². The number of nitrogens with zero attached hydrogens (tertiary/aromatic N) is 1. The van der Waals surface area contributed by atoms with Crippen LogP contribution in [0.4, 0.5) is 0 Å². The summed E-state index contributed by atoms with van der Waals surface area (Å²) in [5.74, 6) is -0.166. The van der Waals surface area contributed by atoms with Crippen LogP contribution in [-0.4, -0.2) is 73.4 Å².